The first-order valence-corrected chi connectivity index (χ1v) is 9.60. The van der Waals surface area contributed by atoms with Gasteiger partial charge in [-0.05, 0) is 73.0 Å². The summed E-state index contributed by atoms with van der Waals surface area (Å²) in [5, 5.41) is 9.55. The van der Waals surface area contributed by atoms with E-state index in [1.54, 1.807) is 0 Å². The first-order valence-electron chi connectivity index (χ1n) is 9.60. The van der Waals surface area contributed by atoms with E-state index < -0.39 is 5.97 Å². The number of carboxylic acid groups (broad SMARTS) is 1. The van der Waals surface area contributed by atoms with Crippen molar-refractivity contribution in [3.63, 3.8) is 0 Å². The van der Waals surface area contributed by atoms with Gasteiger partial charge in [0.15, 0.2) is 0 Å². The summed E-state index contributed by atoms with van der Waals surface area (Å²) in [6.45, 7) is 0.0695. The predicted octanol–water partition coefficient (Wildman–Crippen LogP) is 4.32. The topological polar surface area (TPSA) is 42.2 Å². The van der Waals surface area contributed by atoms with Gasteiger partial charge < -0.3 is 9.67 Å². The van der Waals surface area contributed by atoms with E-state index in [9.17, 15) is 9.90 Å². The van der Waals surface area contributed by atoms with E-state index in [1.807, 2.05) is 18.2 Å². The van der Waals surface area contributed by atoms with Crippen LogP contribution in [0.4, 0.5) is 0 Å². The highest BCUT2D eigenvalue weighted by Crippen LogP contribution is 2.84. The van der Waals surface area contributed by atoms with Gasteiger partial charge in [0.25, 0.3) is 0 Å². The summed E-state index contributed by atoms with van der Waals surface area (Å²) in [7, 11) is 0. The maximum absolute atomic E-state index is 11.6. The zero-order valence-electron chi connectivity index (χ0n) is 14.3. The summed E-state index contributed by atoms with van der Waals surface area (Å²) in [6.07, 6.45) is 6.76. The van der Waals surface area contributed by atoms with E-state index in [-0.39, 0.29) is 12.0 Å². The average molecular weight is 333 g/mol. The average Bonchev–Trinajstić information content (AvgIpc) is 3.21. The Kier molecular flexibility index (Phi) is 2.48. The molecule has 4 fully saturated rings. The van der Waals surface area contributed by atoms with Crippen LogP contribution in [0.2, 0.25) is 0 Å². The summed E-state index contributed by atoms with van der Waals surface area (Å²) in [5.41, 5.74) is 4.36. The van der Waals surface area contributed by atoms with Crippen LogP contribution in [0.5, 0.6) is 0 Å². The van der Waals surface area contributed by atoms with Gasteiger partial charge in [0.1, 0.15) is 6.54 Å². The highest BCUT2D eigenvalue weighted by atomic mass is 16.4. The smallest absolute Gasteiger partial charge is 0.323 e. The highest BCUT2D eigenvalue weighted by molar-refractivity contribution is 5.70. The first-order chi connectivity index (χ1) is 12.1. The molecule has 25 heavy (non-hydrogen) atoms. The molecule has 3 nitrogen and oxygen atoms in total. The molecule has 2 aromatic rings. The standard InChI is InChI=1S/C22H23NO2/c24-20(25)12-23-18(14-4-2-1-3-5-14)6-7-19(23)21-10-16-8-15-9-17(11-21)22(15,16)13-21/h1-7,15-17H,8-13H2,(H,24,25). The molecule has 2 bridgehead atoms. The summed E-state index contributed by atoms with van der Waals surface area (Å²) < 4.78 is 2.11. The molecule has 128 valence electrons. The molecule has 1 heterocycles. The second-order valence-electron chi connectivity index (χ2n) is 8.99. The Hall–Kier alpha value is -2.03. The zero-order chi connectivity index (χ0) is 16.8. The van der Waals surface area contributed by atoms with Gasteiger partial charge in [0.05, 0.1) is 0 Å². The van der Waals surface area contributed by atoms with Crippen LogP contribution in [0.3, 0.4) is 0 Å². The molecule has 4 aliphatic rings. The lowest BCUT2D eigenvalue weighted by atomic mass is 9.38. The number of aromatic nitrogens is 1. The minimum atomic E-state index is -0.746. The number of hydrogen-bond donors (Lipinski definition) is 1. The van der Waals surface area contributed by atoms with Gasteiger partial charge in [0.2, 0.25) is 0 Å². The highest BCUT2D eigenvalue weighted by Gasteiger charge is 2.77. The van der Waals surface area contributed by atoms with Crippen molar-refractivity contribution in [2.45, 2.75) is 44.1 Å². The second kappa shape index (κ2) is 4.38. The van der Waals surface area contributed by atoms with Crippen LogP contribution in [-0.2, 0) is 16.8 Å². The second-order valence-corrected chi connectivity index (χ2v) is 8.99. The van der Waals surface area contributed by atoms with Crippen molar-refractivity contribution >= 4 is 5.97 Å². The molecule has 0 amide bonds. The molecule has 3 heteroatoms. The van der Waals surface area contributed by atoms with Gasteiger partial charge in [-0.2, -0.15) is 0 Å². The number of carbonyl (C=O) groups is 1. The first kappa shape index (κ1) is 14.2. The van der Waals surface area contributed by atoms with Gasteiger partial charge in [0, 0.05) is 16.8 Å². The van der Waals surface area contributed by atoms with E-state index in [0.29, 0.717) is 5.41 Å². The van der Waals surface area contributed by atoms with Gasteiger partial charge in [-0.15, -0.1) is 0 Å². The number of rotatable bonds is 4. The van der Waals surface area contributed by atoms with Crippen LogP contribution in [0.25, 0.3) is 11.3 Å². The zero-order valence-corrected chi connectivity index (χ0v) is 14.3. The van der Waals surface area contributed by atoms with Crippen molar-refractivity contribution in [2.75, 3.05) is 0 Å². The molecule has 6 rings (SSSR count). The molecule has 1 spiro atoms. The van der Waals surface area contributed by atoms with Gasteiger partial charge >= 0.3 is 5.97 Å². The molecule has 1 N–H and O–H groups in total. The van der Waals surface area contributed by atoms with Crippen LogP contribution in [0.1, 0.15) is 37.8 Å². The molecule has 1 aromatic carbocycles. The van der Waals surface area contributed by atoms with Crippen LogP contribution < -0.4 is 0 Å². The number of nitrogens with zero attached hydrogens (tertiary/aromatic N) is 1. The Balaban J connectivity index is 1.48. The maximum atomic E-state index is 11.6. The molecule has 0 aliphatic heterocycles. The minimum absolute atomic E-state index is 0.0695. The van der Waals surface area contributed by atoms with E-state index in [0.717, 1.165) is 29.0 Å². The predicted molar refractivity (Wildman–Crippen MR) is 95.2 cm³/mol. The fourth-order valence-electron chi connectivity index (χ4n) is 7.47. The van der Waals surface area contributed by atoms with Crippen LogP contribution in [0.15, 0.2) is 42.5 Å². The quantitative estimate of drug-likeness (QED) is 0.905. The van der Waals surface area contributed by atoms with Crippen molar-refractivity contribution < 1.29 is 9.90 Å². The number of benzene rings is 1. The van der Waals surface area contributed by atoms with Crippen molar-refractivity contribution in [2.24, 2.45) is 23.2 Å². The summed E-state index contributed by atoms with van der Waals surface area (Å²) >= 11 is 0. The lowest BCUT2D eigenvalue weighted by Crippen LogP contribution is -2.59. The molecule has 1 aromatic heterocycles. The molecular formula is C22H23NO2. The number of carboxylic acids is 1. The Morgan fingerprint density at radius 1 is 1.04 bits per heavy atom. The number of hydrogen-bond acceptors (Lipinski definition) is 1. The summed E-state index contributed by atoms with van der Waals surface area (Å²) in [5.74, 6) is 2.07. The van der Waals surface area contributed by atoms with Gasteiger partial charge in [-0.25, -0.2) is 0 Å². The van der Waals surface area contributed by atoms with E-state index in [1.165, 1.54) is 37.8 Å². The van der Waals surface area contributed by atoms with Crippen LogP contribution >= 0.6 is 0 Å². The van der Waals surface area contributed by atoms with Crippen molar-refractivity contribution in [1.29, 1.82) is 0 Å². The van der Waals surface area contributed by atoms with Crippen LogP contribution in [-0.4, -0.2) is 15.6 Å². The van der Waals surface area contributed by atoms with Gasteiger partial charge in [-0.1, -0.05) is 30.3 Å². The van der Waals surface area contributed by atoms with Crippen LogP contribution in [0, 0.1) is 23.2 Å². The third kappa shape index (κ3) is 1.56. The van der Waals surface area contributed by atoms with E-state index in [2.05, 4.69) is 28.8 Å². The van der Waals surface area contributed by atoms with Crippen molar-refractivity contribution in [3.8, 4) is 11.3 Å². The summed E-state index contributed by atoms with van der Waals surface area (Å²) in [6, 6.07) is 14.6. The monoisotopic (exact) mass is 333 g/mol. The third-order valence-electron chi connectivity index (χ3n) is 8.22. The molecule has 0 saturated heterocycles. The Morgan fingerprint density at radius 3 is 2.36 bits per heavy atom. The van der Waals surface area contributed by atoms with E-state index in [4.69, 9.17) is 0 Å². The van der Waals surface area contributed by atoms with Gasteiger partial charge in [-0.3, -0.25) is 4.79 Å². The lowest BCUT2D eigenvalue weighted by Gasteiger charge is -2.66. The summed E-state index contributed by atoms with van der Waals surface area (Å²) in [4.78, 5) is 11.6. The Morgan fingerprint density at radius 2 is 1.76 bits per heavy atom. The fourth-order valence-corrected chi connectivity index (χ4v) is 7.47. The minimum Gasteiger partial charge on any atom is -0.480 e. The molecule has 2 unspecified atom stereocenters. The normalized spacial score (nSPS) is 39.6. The molecule has 0 radical (unpaired) electrons. The molecule has 4 saturated carbocycles. The number of fused-ring (bicyclic) bond motifs is 1. The van der Waals surface area contributed by atoms with Crippen molar-refractivity contribution in [3.05, 3.63) is 48.2 Å². The molecule has 4 aliphatic carbocycles. The lowest BCUT2D eigenvalue weighted by molar-refractivity contribution is -0.175. The van der Waals surface area contributed by atoms with Crippen molar-refractivity contribution in [1.82, 2.24) is 4.57 Å². The maximum Gasteiger partial charge on any atom is 0.323 e. The Bertz CT molecular complexity index is 865. The molecule has 2 atom stereocenters. The molecular weight excluding hydrogens is 310 g/mol. The largest absolute Gasteiger partial charge is 0.480 e. The third-order valence-corrected chi connectivity index (χ3v) is 8.22. The SMILES string of the molecule is O=C(O)Cn1c(-c2ccccc2)ccc1C12CC3CC4CC(C1)C43C2. The number of aliphatic carboxylic acids is 1. The van der Waals surface area contributed by atoms with E-state index >= 15 is 0 Å². The Labute approximate surface area is 147 Å². The fraction of sp³-hybridized carbons (Fsp3) is 0.500.